The summed E-state index contributed by atoms with van der Waals surface area (Å²) in [6.45, 7) is 2.97. The van der Waals surface area contributed by atoms with Crippen LogP contribution in [0.2, 0.25) is 0 Å². The van der Waals surface area contributed by atoms with Crippen molar-refractivity contribution in [3.63, 3.8) is 0 Å². The normalized spacial score (nSPS) is 15.9. The highest BCUT2D eigenvalue weighted by atomic mass is 79.9. The van der Waals surface area contributed by atoms with Gasteiger partial charge >= 0.3 is 0 Å². The van der Waals surface area contributed by atoms with Gasteiger partial charge in [0.05, 0.1) is 5.56 Å². The van der Waals surface area contributed by atoms with Crippen LogP contribution in [0, 0.1) is 5.41 Å². The maximum atomic E-state index is 12.2. The summed E-state index contributed by atoms with van der Waals surface area (Å²) in [5, 5.41) is 6.00. The van der Waals surface area contributed by atoms with Crippen LogP contribution in [0.3, 0.4) is 0 Å². The highest BCUT2D eigenvalue weighted by Crippen LogP contribution is 2.48. The van der Waals surface area contributed by atoms with Gasteiger partial charge in [-0.15, -0.1) is 0 Å². The molecule has 0 radical (unpaired) electrons. The molecule has 19 heavy (non-hydrogen) atoms. The molecule has 5 heteroatoms. The Hall–Kier alpha value is -1.10. The number of carbonyl (C=O) groups excluding carboxylic acids is 1. The van der Waals surface area contributed by atoms with Crippen LogP contribution in [0.1, 0.15) is 43.0 Å². The fourth-order valence-electron chi connectivity index (χ4n) is 2.40. The first-order chi connectivity index (χ1) is 9.10. The second-order valence-electron chi connectivity index (χ2n) is 5.23. The molecule has 1 aromatic heterocycles. The monoisotopic (exact) mass is 325 g/mol. The zero-order chi connectivity index (χ0) is 13.9. The van der Waals surface area contributed by atoms with Crippen molar-refractivity contribution >= 4 is 27.7 Å². The summed E-state index contributed by atoms with van der Waals surface area (Å²) < 4.78 is 0.811. The Morgan fingerprint density at radius 1 is 1.53 bits per heavy atom. The van der Waals surface area contributed by atoms with E-state index in [0.717, 1.165) is 11.0 Å². The summed E-state index contributed by atoms with van der Waals surface area (Å²) in [6, 6.07) is 1.80. The number of amides is 1. The van der Waals surface area contributed by atoms with Gasteiger partial charge in [-0.1, -0.05) is 13.3 Å². The summed E-state index contributed by atoms with van der Waals surface area (Å²) in [5.41, 5.74) is 0.952. The van der Waals surface area contributed by atoms with Crippen LogP contribution < -0.4 is 10.6 Å². The smallest absolute Gasteiger partial charge is 0.255 e. The predicted molar refractivity (Wildman–Crippen MR) is 80.4 cm³/mol. The molecule has 2 rings (SSSR count). The average Bonchev–Trinajstić information content (AvgIpc) is 3.17. The van der Waals surface area contributed by atoms with E-state index in [2.05, 4.69) is 38.5 Å². The molecular weight excluding hydrogens is 306 g/mol. The van der Waals surface area contributed by atoms with Crippen LogP contribution in [0.4, 0.5) is 5.82 Å². The van der Waals surface area contributed by atoms with Gasteiger partial charge in [-0.3, -0.25) is 4.79 Å². The van der Waals surface area contributed by atoms with Crippen molar-refractivity contribution in [2.45, 2.75) is 32.6 Å². The molecule has 0 saturated heterocycles. The van der Waals surface area contributed by atoms with Gasteiger partial charge in [0.25, 0.3) is 5.91 Å². The van der Waals surface area contributed by atoms with Crippen LogP contribution in [-0.2, 0) is 0 Å². The number of carbonyl (C=O) groups is 1. The molecule has 1 heterocycles. The van der Waals surface area contributed by atoms with E-state index in [1.165, 1.54) is 25.7 Å². The predicted octanol–water partition coefficient (Wildman–Crippen LogP) is 3.20. The van der Waals surface area contributed by atoms with Crippen molar-refractivity contribution in [3.05, 3.63) is 22.3 Å². The third-order valence-corrected chi connectivity index (χ3v) is 4.13. The Morgan fingerprint density at radius 3 is 2.84 bits per heavy atom. The second kappa shape index (κ2) is 5.90. The molecule has 1 fully saturated rings. The van der Waals surface area contributed by atoms with Gasteiger partial charge < -0.3 is 10.6 Å². The molecule has 0 aliphatic heterocycles. The van der Waals surface area contributed by atoms with Gasteiger partial charge in [0, 0.05) is 24.3 Å². The highest BCUT2D eigenvalue weighted by Gasteiger charge is 2.41. The van der Waals surface area contributed by atoms with Crippen molar-refractivity contribution in [3.8, 4) is 0 Å². The van der Waals surface area contributed by atoms with Crippen molar-refractivity contribution < 1.29 is 4.79 Å². The third kappa shape index (κ3) is 3.47. The molecule has 0 unspecified atom stereocenters. The first kappa shape index (κ1) is 14.3. The maximum absolute atomic E-state index is 12.2. The summed E-state index contributed by atoms with van der Waals surface area (Å²) in [4.78, 5) is 16.4. The van der Waals surface area contributed by atoms with Gasteiger partial charge in [0.2, 0.25) is 0 Å². The number of halogens is 1. The Bertz CT molecular complexity index is 472. The number of hydrogen-bond acceptors (Lipinski definition) is 3. The first-order valence-corrected chi connectivity index (χ1v) is 7.51. The van der Waals surface area contributed by atoms with Gasteiger partial charge in [0.15, 0.2) is 0 Å². The van der Waals surface area contributed by atoms with E-state index in [4.69, 9.17) is 0 Å². The zero-order valence-corrected chi connectivity index (χ0v) is 13.0. The van der Waals surface area contributed by atoms with Crippen molar-refractivity contribution in [2.75, 3.05) is 18.9 Å². The topological polar surface area (TPSA) is 54.0 Å². The Kier molecular flexibility index (Phi) is 4.45. The molecule has 0 spiro atoms. The fraction of sp³-hybridized carbons (Fsp3) is 0.571. The van der Waals surface area contributed by atoms with Gasteiger partial charge in [-0.05, 0) is 46.7 Å². The summed E-state index contributed by atoms with van der Waals surface area (Å²) in [5.74, 6) is 0.557. The van der Waals surface area contributed by atoms with Crippen LogP contribution in [0.25, 0.3) is 0 Å². The summed E-state index contributed by atoms with van der Waals surface area (Å²) in [7, 11) is 1.77. The minimum atomic E-state index is -0.0551. The lowest BCUT2D eigenvalue weighted by Gasteiger charge is -2.15. The van der Waals surface area contributed by atoms with Crippen LogP contribution in [0.15, 0.2) is 16.7 Å². The van der Waals surface area contributed by atoms with E-state index in [9.17, 15) is 4.79 Å². The van der Waals surface area contributed by atoms with Gasteiger partial charge in [-0.25, -0.2) is 4.98 Å². The van der Waals surface area contributed by atoms with Crippen molar-refractivity contribution in [1.29, 1.82) is 0 Å². The van der Waals surface area contributed by atoms with Crippen LogP contribution in [0.5, 0.6) is 0 Å². The molecule has 0 bridgehead atoms. The third-order valence-electron chi connectivity index (χ3n) is 3.70. The molecule has 1 aliphatic rings. The Morgan fingerprint density at radius 2 is 2.26 bits per heavy atom. The number of nitrogens with one attached hydrogen (secondary N) is 2. The lowest BCUT2D eigenvalue weighted by molar-refractivity contribution is 0.0944. The minimum Gasteiger partial charge on any atom is -0.372 e. The summed E-state index contributed by atoms with van der Waals surface area (Å²) in [6.07, 6.45) is 6.52. The number of hydrogen-bond donors (Lipinski definition) is 2. The van der Waals surface area contributed by atoms with Gasteiger partial charge in [-0.2, -0.15) is 0 Å². The number of aromatic nitrogens is 1. The number of nitrogens with zero attached hydrogens (tertiary/aromatic N) is 1. The maximum Gasteiger partial charge on any atom is 0.255 e. The summed E-state index contributed by atoms with van der Waals surface area (Å²) >= 11 is 3.35. The lowest BCUT2D eigenvalue weighted by Crippen LogP contribution is -2.30. The van der Waals surface area contributed by atoms with E-state index in [1.54, 1.807) is 19.3 Å². The Labute approximate surface area is 122 Å². The molecule has 1 amide bonds. The second-order valence-corrected chi connectivity index (χ2v) is 6.15. The number of anilines is 1. The fourth-order valence-corrected chi connectivity index (χ4v) is 2.73. The van der Waals surface area contributed by atoms with E-state index in [1.807, 2.05) is 0 Å². The average molecular weight is 326 g/mol. The SMILES string of the molecule is CCCC1(CNC(=O)c2cc(Br)cnc2NC)CC1. The number of rotatable bonds is 6. The molecule has 104 valence electrons. The number of pyridine rings is 1. The molecule has 0 atom stereocenters. The molecular formula is C14H20BrN3O. The largest absolute Gasteiger partial charge is 0.372 e. The first-order valence-electron chi connectivity index (χ1n) is 6.72. The molecule has 0 aromatic carbocycles. The molecule has 1 saturated carbocycles. The highest BCUT2D eigenvalue weighted by molar-refractivity contribution is 9.10. The minimum absolute atomic E-state index is 0.0551. The van der Waals surface area contributed by atoms with E-state index in [0.29, 0.717) is 16.8 Å². The quantitative estimate of drug-likeness (QED) is 0.844. The van der Waals surface area contributed by atoms with E-state index >= 15 is 0 Å². The van der Waals surface area contributed by atoms with Crippen molar-refractivity contribution in [2.24, 2.45) is 5.41 Å². The molecule has 2 N–H and O–H groups in total. The van der Waals surface area contributed by atoms with E-state index < -0.39 is 0 Å². The zero-order valence-electron chi connectivity index (χ0n) is 11.4. The Balaban J connectivity index is 2.02. The van der Waals surface area contributed by atoms with Crippen molar-refractivity contribution in [1.82, 2.24) is 10.3 Å². The standard InChI is InChI=1S/C14H20BrN3O/c1-3-4-14(5-6-14)9-18-13(19)11-7-10(15)8-17-12(11)16-2/h7-8H,3-6,9H2,1-2H3,(H,16,17)(H,18,19). The van der Waals surface area contributed by atoms with Crippen LogP contribution >= 0.6 is 15.9 Å². The lowest BCUT2D eigenvalue weighted by atomic mass is 10.0. The van der Waals surface area contributed by atoms with Gasteiger partial charge in [0.1, 0.15) is 5.82 Å². The molecule has 1 aromatic rings. The molecule has 1 aliphatic carbocycles. The van der Waals surface area contributed by atoms with Crippen LogP contribution in [-0.4, -0.2) is 24.5 Å². The molecule has 4 nitrogen and oxygen atoms in total. The van der Waals surface area contributed by atoms with E-state index in [-0.39, 0.29) is 5.91 Å².